The summed E-state index contributed by atoms with van der Waals surface area (Å²) < 4.78 is 38.7. The molecule has 2 aliphatic rings. The van der Waals surface area contributed by atoms with E-state index in [1.54, 1.807) is 16.2 Å². The second-order valence-electron chi connectivity index (χ2n) is 6.90. The lowest BCUT2D eigenvalue weighted by molar-refractivity contribution is -0.141. The van der Waals surface area contributed by atoms with Crippen LogP contribution in [0.2, 0.25) is 0 Å². The summed E-state index contributed by atoms with van der Waals surface area (Å²) in [5, 5.41) is 2.05. The number of aromatic nitrogens is 2. The fourth-order valence-electron chi connectivity index (χ4n) is 3.71. The molecule has 0 aliphatic carbocycles. The van der Waals surface area contributed by atoms with Crippen molar-refractivity contribution < 1.29 is 18.0 Å². The van der Waals surface area contributed by atoms with Crippen molar-refractivity contribution in [1.82, 2.24) is 14.9 Å². The molecule has 1 amide bonds. The summed E-state index contributed by atoms with van der Waals surface area (Å²) in [6.07, 6.45) is -1.05. The molecular formula is C18H19F3N4OS. The molecule has 0 bridgehead atoms. The van der Waals surface area contributed by atoms with Gasteiger partial charge >= 0.3 is 6.18 Å². The molecule has 27 heavy (non-hydrogen) atoms. The molecule has 0 saturated carbocycles. The number of halogens is 3. The van der Waals surface area contributed by atoms with Gasteiger partial charge in [0.25, 0.3) is 0 Å². The highest BCUT2D eigenvalue weighted by Gasteiger charge is 2.35. The number of hydrogen-bond acceptors (Lipinski definition) is 5. The lowest BCUT2D eigenvalue weighted by Gasteiger charge is -2.36. The molecule has 2 aromatic heterocycles. The summed E-state index contributed by atoms with van der Waals surface area (Å²) in [4.78, 5) is 25.5. The maximum Gasteiger partial charge on any atom is 0.433 e. The van der Waals surface area contributed by atoms with E-state index in [2.05, 4.69) is 16.0 Å². The summed E-state index contributed by atoms with van der Waals surface area (Å²) in [6.45, 7) is 2.23. The van der Waals surface area contributed by atoms with E-state index < -0.39 is 11.9 Å². The predicted molar refractivity (Wildman–Crippen MR) is 95.4 cm³/mol. The number of fused-ring (bicyclic) bond motifs is 1. The van der Waals surface area contributed by atoms with E-state index >= 15 is 0 Å². The van der Waals surface area contributed by atoms with Crippen LogP contribution in [-0.2, 0) is 23.9 Å². The highest BCUT2D eigenvalue weighted by molar-refractivity contribution is 7.10. The minimum atomic E-state index is -4.51. The van der Waals surface area contributed by atoms with Crippen molar-refractivity contribution >= 4 is 23.2 Å². The summed E-state index contributed by atoms with van der Waals surface area (Å²) >= 11 is 1.72. The summed E-state index contributed by atoms with van der Waals surface area (Å²) in [5.41, 5.74) is 0.246. The van der Waals surface area contributed by atoms with Crippen LogP contribution in [0.25, 0.3) is 0 Å². The van der Waals surface area contributed by atoms with Gasteiger partial charge in [-0.1, -0.05) is 0 Å². The van der Waals surface area contributed by atoms with Crippen LogP contribution in [0.15, 0.2) is 23.7 Å². The molecule has 5 nitrogen and oxygen atoms in total. The van der Waals surface area contributed by atoms with E-state index in [1.807, 2.05) is 10.3 Å². The Balaban J connectivity index is 1.46. The van der Waals surface area contributed by atoms with Crippen molar-refractivity contribution in [2.45, 2.75) is 32.0 Å². The van der Waals surface area contributed by atoms with Crippen LogP contribution in [0.3, 0.4) is 0 Å². The van der Waals surface area contributed by atoms with Gasteiger partial charge in [-0.15, -0.1) is 11.3 Å². The Bertz CT molecular complexity index is 838. The van der Waals surface area contributed by atoms with Crippen molar-refractivity contribution in [2.24, 2.45) is 5.92 Å². The Morgan fingerprint density at radius 1 is 1.26 bits per heavy atom. The van der Waals surface area contributed by atoms with Crippen molar-refractivity contribution in [3.8, 4) is 0 Å². The molecule has 2 aliphatic heterocycles. The molecule has 2 aromatic rings. The first-order chi connectivity index (χ1) is 12.9. The molecule has 0 radical (unpaired) electrons. The average Bonchev–Trinajstić information content (AvgIpc) is 3.15. The van der Waals surface area contributed by atoms with Crippen molar-refractivity contribution in [1.29, 1.82) is 0 Å². The minimum Gasteiger partial charge on any atom is -0.340 e. The number of amides is 1. The Hall–Kier alpha value is -2.16. The fourth-order valence-corrected chi connectivity index (χ4v) is 4.60. The monoisotopic (exact) mass is 396 g/mol. The molecule has 1 fully saturated rings. The zero-order chi connectivity index (χ0) is 19.0. The predicted octanol–water partition coefficient (Wildman–Crippen LogP) is 3.36. The lowest BCUT2D eigenvalue weighted by atomic mass is 9.95. The van der Waals surface area contributed by atoms with Gasteiger partial charge in [-0.05, 0) is 42.3 Å². The number of rotatable bonds is 2. The summed E-state index contributed by atoms with van der Waals surface area (Å²) in [6, 6.07) is 2.92. The molecule has 1 unspecified atom stereocenters. The van der Waals surface area contributed by atoms with E-state index in [-0.39, 0.29) is 17.8 Å². The fraction of sp³-hybridized carbons (Fsp3) is 0.500. The maximum absolute atomic E-state index is 13.0. The number of hydrogen-bond donors (Lipinski definition) is 0. The van der Waals surface area contributed by atoms with Gasteiger partial charge in [-0.25, -0.2) is 9.97 Å². The standard InChI is InChI=1S/C18H19F3N4OS/c19-18(20,21)15-3-6-22-17(23-15)25-7-1-2-13(11-25)16(26)24-8-4-14-12(10-24)5-9-27-14/h3,5-6,9,13H,1-2,4,7-8,10-11H2. The van der Waals surface area contributed by atoms with Gasteiger partial charge in [0.05, 0.1) is 5.92 Å². The Morgan fingerprint density at radius 3 is 2.93 bits per heavy atom. The quantitative estimate of drug-likeness (QED) is 0.781. The molecule has 1 saturated heterocycles. The van der Waals surface area contributed by atoms with Crippen molar-refractivity contribution in [2.75, 3.05) is 24.5 Å². The highest BCUT2D eigenvalue weighted by Crippen LogP contribution is 2.30. The van der Waals surface area contributed by atoms with Crippen molar-refractivity contribution in [3.05, 3.63) is 39.8 Å². The minimum absolute atomic E-state index is 0.0427. The average molecular weight is 396 g/mol. The number of thiophene rings is 1. The molecule has 9 heteroatoms. The number of anilines is 1. The van der Waals surface area contributed by atoms with Gasteiger partial charge in [0, 0.05) is 37.3 Å². The second-order valence-corrected chi connectivity index (χ2v) is 7.90. The van der Waals surface area contributed by atoms with Crippen molar-refractivity contribution in [3.63, 3.8) is 0 Å². The number of nitrogens with zero attached hydrogens (tertiary/aromatic N) is 4. The van der Waals surface area contributed by atoms with Crippen LogP contribution in [0.5, 0.6) is 0 Å². The first kappa shape index (κ1) is 18.2. The summed E-state index contributed by atoms with van der Waals surface area (Å²) in [7, 11) is 0. The van der Waals surface area contributed by atoms with Gasteiger partial charge in [-0.3, -0.25) is 4.79 Å². The molecule has 4 rings (SSSR count). The van der Waals surface area contributed by atoms with Gasteiger partial charge in [0.1, 0.15) is 5.69 Å². The van der Waals surface area contributed by atoms with Gasteiger partial charge < -0.3 is 9.80 Å². The zero-order valence-corrected chi connectivity index (χ0v) is 15.4. The first-order valence-corrected chi connectivity index (χ1v) is 9.79. The number of piperidine rings is 1. The van der Waals surface area contributed by atoms with E-state index in [0.717, 1.165) is 31.5 Å². The van der Waals surface area contributed by atoms with Crippen LogP contribution in [0.4, 0.5) is 19.1 Å². The highest BCUT2D eigenvalue weighted by atomic mass is 32.1. The Morgan fingerprint density at radius 2 is 2.11 bits per heavy atom. The molecule has 1 atom stereocenters. The Kier molecular flexibility index (Phi) is 4.79. The molecule has 4 heterocycles. The van der Waals surface area contributed by atoms with E-state index in [9.17, 15) is 18.0 Å². The molecule has 0 N–H and O–H groups in total. The Labute approximate surface area is 158 Å². The van der Waals surface area contributed by atoms with Gasteiger partial charge in [0.15, 0.2) is 0 Å². The lowest BCUT2D eigenvalue weighted by Crippen LogP contribution is -2.46. The molecule has 144 valence electrons. The van der Waals surface area contributed by atoms with Gasteiger partial charge in [0.2, 0.25) is 11.9 Å². The van der Waals surface area contributed by atoms with Crippen LogP contribution < -0.4 is 4.90 Å². The van der Waals surface area contributed by atoms with E-state index in [4.69, 9.17) is 0 Å². The third-order valence-electron chi connectivity index (χ3n) is 5.11. The number of carbonyl (C=O) groups is 1. The van der Waals surface area contributed by atoms with E-state index in [0.29, 0.717) is 26.2 Å². The summed E-state index contributed by atoms with van der Waals surface area (Å²) in [5.74, 6) is -0.123. The van der Waals surface area contributed by atoms with Crippen LogP contribution in [-0.4, -0.2) is 40.4 Å². The zero-order valence-electron chi connectivity index (χ0n) is 14.6. The SMILES string of the molecule is O=C(C1CCCN(c2nccc(C(F)(F)F)n2)C1)N1CCc2sccc2C1. The molecule has 0 aromatic carbocycles. The normalized spacial score (nSPS) is 20.5. The number of alkyl halides is 3. The maximum atomic E-state index is 13.0. The largest absolute Gasteiger partial charge is 0.433 e. The first-order valence-electron chi connectivity index (χ1n) is 8.91. The van der Waals surface area contributed by atoms with Crippen LogP contribution in [0, 0.1) is 5.92 Å². The third-order valence-corrected chi connectivity index (χ3v) is 6.13. The third kappa shape index (κ3) is 3.78. The molecule has 0 spiro atoms. The second kappa shape index (κ2) is 7.10. The van der Waals surface area contributed by atoms with Gasteiger partial charge in [-0.2, -0.15) is 13.2 Å². The topological polar surface area (TPSA) is 49.3 Å². The van der Waals surface area contributed by atoms with E-state index in [1.165, 1.54) is 10.4 Å². The molecular weight excluding hydrogens is 377 g/mol. The van der Waals surface area contributed by atoms with Crippen LogP contribution in [0.1, 0.15) is 29.0 Å². The number of carbonyl (C=O) groups excluding carboxylic acids is 1. The smallest absolute Gasteiger partial charge is 0.340 e. The van der Waals surface area contributed by atoms with Crippen LogP contribution >= 0.6 is 11.3 Å².